The fourth-order valence-electron chi connectivity index (χ4n) is 4.65. The fraction of sp³-hybridized carbons (Fsp3) is 0.367. The van der Waals surface area contributed by atoms with Crippen molar-refractivity contribution in [2.75, 3.05) is 0 Å². The van der Waals surface area contributed by atoms with Gasteiger partial charge in [-0.05, 0) is 55.7 Å². The molecule has 190 valence electrons. The molecule has 1 aliphatic carbocycles. The third-order valence-corrected chi connectivity index (χ3v) is 8.16. The summed E-state index contributed by atoms with van der Waals surface area (Å²) >= 11 is 6.51. The van der Waals surface area contributed by atoms with Gasteiger partial charge in [0.2, 0.25) is 0 Å². The van der Waals surface area contributed by atoms with Crippen molar-refractivity contribution in [3.8, 4) is 11.5 Å². The molecule has 0 amide bonds. The zero-order chi connectivity index (χ0) is 26.6. The van der Waals surface area contributed by atoms with Crippen molar-refractivity contribution in [1.29, 1.82) is 0 Å². The largest absolute Gasteiger partial charge is 0.507 e. The number of carbonyl (C=O) groups excluding carboxylic acids is 3. The van der Waals surface area contributed by atoms with Gasteiger partial charge in [-0.25, -0.2) is 4.79 Å². The van der Waals surface area contributed by atoms with E-state index in [9.17, 15) is 19.5 Å². The highest BCUT2D eigenvalue weighted by molar-refractivity contribution is 6.33. The van der Waals surface area contributed by atoms with Crippen molar-refractivity contribution in [1.82, 2.24) is 0 Å². The van der Waals surface area contributed by atoms with E-state index >= 15 is 0 Å². The second kappa shape index (κ2) is 11.3. The maximum absolute atomic E-state index is 12.7. The van der Waals surface area contributed by atoms with E-state index < -0.39 is 5.97 Å². The summed E-state index contributed by atoms with van der Waals surface area (Å²) in [5, 5.41) is 11.0. The zero-order valence-electron chi connectivity index (χ0n) is 21.4. The standard InChI is InChI=1S/C30H33ClO5/c1-18(15-16-30(5)19(2)12-14-25(33)21(30)4)11-13-23-27(34)24(17-32)20(3)26(31)28(23)36-29(35)22-9-7-6-8-10-22/h6-11,15-17,19,21,34H,12-14H2,1-5H3/b16-15+,18-11+. The number of aldehydes is 1. The SMILES string of the molecule is CC(/C=C/C1(C)C(C)CCC(=O)C1C)=C\Cc1c(O)c(C=O)c(C)c(Cl)c1OC(=O)c1ccccc1. The fourth-order valence-corrected chi connectivity index (χ4v) is 4.90. The molecule has 0 aliphatic heterocycles. The van der Waals surface area contributed by atoms with Crippen molar-refractivity contribution in [3.63, 3.8) is 0 Å². The minimum absolute atomic E-state index is 0.0335. The van der Waals surface area contributed by atoms with E-state index in [1.807, 2.05) is 26.0 Å². The van der Waals surface area contributed by atoms with Crippen molar-refractivity contribution in [3.05, 3.63) is 81.4 Å². The second-order valence-electron chi connectivity index (χ2n) is 9.86. The average Bonchev–Trinajstić information content (AvgIpc) is 2.87. The number of ketones is 1. The number of rotatable bonds is 7. The lowest BCUT2D eigenvalue weighted by molar-refractivity contribution is -0.129. The maximum Gasteiger partial charge on any atom is 0.343 e. The molecule has 0 spiro atoms. The van der Waals surface area contributed by atoms with Gasteiger partial charge in [0, 0.05) is 17.9 Å². The second-order valence-corrected chi connectivity index (χ2v) is 10.2. The van der Waals surface area contributed by atoms with Crippen molar-refractivity contribution < 1.29 is 24.2 Å². The minimum atomic E-state index is -0.616. The van der Waals surface area contributed by atoms with Crippen LogP contribution in [-0.4, -0.2) is 23.1 Å². The van der Waals surface area contributed by atoms with E-state index in [4.69, 9.17) is 16.3 Å². The molecule has 1 saturated carbocycles. The molecule has 0 bridgehead atoms. The zero-order valence-corrected chi connectivity index (χ0v) is 22.2. The molecule has 3 rings (SSSR count). The molecule has 2 aromatic carbocycles. The molecule has 5 nitrogen and oxygen atoms in total. The molecule has 2 aromatic rings. The number of hydrogen-bond donors (Lipinski definition) is 1. The van der Waals surface area contributed by atoms with E-state index in [0.717, 1.165) is 12.0 Å². The first-order chi connectivity index (χ1) is 17.0. The Hall–Kier alpha value is -3.18. The Bertz CT molecular complexity index is 1230. The van der Waals surface area contributed by atoms with Gasteiger partial charge in [-0.2, -0.15) is 0 Å². The van der Waals surface area contributed by atoms with Gasteiger partial charge in [-0.1, -0.05) is 74.4 Å². The lowest BCUT2D eigenvalue weighted by atomic mass is 9.61. The van der Waals surface area contributed by atoms with Crippen LogP contribution in [0.3, 0.4) is 0 Å². The van der Waals surface area contributed by atoms with Crippen LogP contribution in [0.5, 0.6) is 11.5 Å². The van der Waals surface area contributed by atoms with Crippen LogP contribution in [0, 0.1) is 24.2 Å². The van der Waals surface area contributed by atoms with Gasteiger partial charge in [0.25, 0.3) is 0 Å². The predicted octanol–water partition coefficient (Wildman–Crippen LogP) is 7.07. The number of ether oxygens (including phenoxy) is 1. The number of aromatic hydroxyl groups is 1. The topological polar surface area (TPSA) is 80.7 Å². The average molecular weight is 509 g/mol. The summed E-state index contributed by atoms with van der Waals surface area (Å²) in [5.74, 6) is -0.255. The van der Waals surface area contributed by atoms with Crippen molar-refractivity contribution >= 4 is 29.6 Å². The van der Waals surface area contributed by atoms with Crippen LogP contribution in [0.25, 0.3) is 0 Å². The monoisotopic (exact) mass is 508 g/mol. The Kier molecular flexibility index (Phi) is 8.57. The van der Waals surface area contributed by atoms with E-state index in [1.54, 1.807) is 37.3 Å². The van der Waals surface area contributed by atoms with Gasteiger partial charge in [0.15, 0.2) is 12.0 Å². The number of Topliss-reactive ketones (excluding diaryl/α,β-unsaturated/α-hetero) is 1. The molecule has 0 heterocycles. The molecular weight excluding hydrogens is 476 g/mol. The Labute approximate surface area is 217 Å². The van der Waals surface area contributed by atoms with Crippen LogP contribution >= 0.6 is 11.6 Å². The highest BCUT2D eigenvalue weighted by Crippen LogP contribution is 2.45. The van der Waals surface area contributed by atoms with E-state index in [1.165, 1.54) is 0 Å². The van der Waals surface area contributed by atoms with E-state index in [-0.39, 0.29) is 51.2 Å². The Morgan fingerprint density at radius 2 is 1.92 bits per heavy atom. The molecule has 3 atom stereocenters. The normalized spacial score (nSPS) is 22.6. The first kappa shape index (κ1) is 27.4. The Morgan fingerprint density at radius 1 is 1.25 bits per heavy atom. The van der Waals surface area contributed by atoms with Gasteiger partial charge >= 0.3 is 5.97 Å². The van der Waals surface area contributed by atoms with Crippen LogP contribution < -0.4 is 4.74 Å². The first-order valence-corrected chi connectivity index (χ1v) is 12.5. The number of esters is 1. The molecule has 0 radical (unpaired) electrons. The highest BCUT2D eigenvalue weighted by Gasteiger charge is 2.41. The molecule has 1 fully saturated rings. The molecule has 1 N–H and O–H groups in total. The molecule has 1 aliphatic rings. The number of carbonyl (C=O) groups is 3. The number of phenolic OH excluding ortho intramolecular Hbond substituents is 1. The maximum atomic E-state index is 12.7. The van der Waals surface area contributed by atoms with E-state index in [2.05, 4.69) is 19.9 Å². The molecule has 0 aromatic heterocycles. The number of hydrogen-bond acceptors (Lipinski definition) is 5. The number of allylic oxidation sites excluding steroid dienone is 4. The van der Waals surface area contributed by atoms with Crippen LogP contribution in [0.15, 0.2) is 54.1 Å². The van der Waals surface area contributed by atoms with Crippen LogP contribution in [0.4, 0.5) is 0 Å². The number of phenols is 1. The van der Waals surface area contributed by atoms with E-state index in [0.29, 0.717) is 29.8 Å². The minimum Gasteiger partial charge on any atom is -0.507 e. The Morgan fingerprint density at radius 3 is 2.56 bits per heavy atom. The lowest BCUT2D eigenvalue weighted by Crippen LogP contribution is -2.40. The molecule has 36 heavy (non-hydrogen) atoms. The third kappa shape index (κ3) is 5.46. The Balaban J connectivity index is 1.95. The van der Waals surface area contributed by atoms with Crippen LogP contribution in [0.2, 0.25) is 5.02 Å². The van der Waals surface area contributed by atoms with Gasteiger partial charge in [-0.15, -0.1) is 0 Å². The first-order valence-electron chi connectivity index (χ1n) is 12.2. The van der Waals surface area contributed by atoms with Gasteiger partial charge < -0.3 is 9.84 Å². The van der Waals surface area contributed by atoms with Gasteiger partial charge in [-0.3, -0.25) is 9.59 Å². The predicted molar refractivity (Wildman–Crippen MR) is 142 cm³/mol. The van der Waals surface area contributed by atoms with Crippen LogP contribution in [-0.2, 0) is 11.2 Å². The molecule has 6 heteroatoms. The lowest BCUT2D eigenvalue weighted by Gasteiger charge is -2.42. The molecule has 3 unspecified atom stereocenters. The number of benzene rings is 2. The number of halogens is 1. The summed E-state index contributed by atoms with van der Waals surface area (Å²) in [4.78, 5) is 36.8. The summed E-state index contributed by atoms with van der Waals surface area (Å²) in [7, 11) is 0. The summed E-state index contributed by atoms with van der Waals surface area (Å²) < 4.78 is 5.64. The van der Waals surface area contributed by atoms with Crippen molar-refractivity contribution in [2.24, 2.45) is 17.3 Å². The quantitative estimate of drug-likeness (QED) is 0.187. The van der Waals surface area contributed by atoms with Crippen LogP contribution in [0.1, 0.15) is 72.4 Å². The van der Waals surface area contributed by atoms with Gasteiger partial charge in [0.1, 0.15) is 11.5 Å². The van der Waals surface area contributed by atoms with Crippen molar-refractivity contribution in [2.45, 2.75) is 53.9 Å². The molecule has 0 saturated heterocycles. The molecular formula is C30H33ClO5. The summed E-state index contributed by atoms with van der Waals surface area (Å²) in [5.41, 5.74) is 1.64. The smallest absolute Gasteiger partial charge is 0.343 e. The summed E-state index contributed by atoms with van der Waals surface area (Å²) in [6.45, 7) is 9.79. The third-order valence-electron chi connectivity index (χ3n) is 7.70. The summed E-state index contributed by atoms with van der Waals surface area (Å²) in [6, 6.07) is 8.47. The van der Waals surface area contributed by atoms with Gasteiger partial charge in [0.05, 0.1) is 16.1 Å². The highest BCUT2D eigenvalue weighted by atomic mass is 35.5. The summed E-state index contributed by atoms with van der Waals surface area (Å²) in [6.07, 6.45) is 8.17.